The monoisotopic (exact) mass is 352 g/mol. The van der Waals surface area contributed by atoms with E-state index in [9.17, 15) is 4.79 Å². The van der Waals surface area contributed by atoms with Gasteiger partial charge in [-0.2, -0.15) is 5.10 Å². The van der Waals surface area contributed by atoms with Gasteiger partial charge in [-0.15, -0.1) is 0 Å². The number of amides is 1. The van der Waals surface area contributed by atoms with Crippen molar-refractivity contribution < 1.29 is 9.53 Å². The van der Waals surface area contributed by atoms with Crippen LogP contribution in [0.5, 0.6) is 5.75 Å². The Morgan fingerprint density at radius 1 is 1.27 bits per heavy atom. The molecule has 136 valence electrons. The molecule has 1 amide bonds. The number of benzene rings is 1. The van der Waals surface area contributed by atoms with Crippen LogP contribution >= 0.6 is 0 Å². The van der Waals surface area contributed by atoms with Crippen molar-refractivity contribution >= 4 is 5.91 Å². The van der Waals surface area contributed by atoms with Gasteiger partial charge in [-0.1, -0.05) is 6.92 Å². The first kappa shape index (κ1) is 17.8. The molecular formula is C20H24N4O2. The average molecular weight is 352 g/mol. The number of carbonyl (C=O) groups is 1. The van der Waals surface area contributed by atoms with Gasteiger partial charge in [-0.05, 0) is 55.8 Å². The SMILES string of the molecule is CC[C@H](C)NC(=O)c1cc(-c2cccn2C)nn1-c1ccc(OC)cc1. The maximum Gasteiger partial charge on any atom is 0.270 e. The third kappa shape index (κ3) is 3.49. The number of methoxy groups -OCH3 is 1. The fourth-order valence-corrected chi connectivity index (χ4v) is 2.72. The second-order valence-corrected chi connectivity index (χ2v) is 6.31. The maximum atomic E-state index is 12.8. The van der Waals surface area contributed by atoms with Crippen LogP contribution in [0.4, 0.5) is 0 Å². The van der Waals surface area contributed by atoms with Crippen LogP contribution in [0.3, 0.4) is 0 Å². The van der Waals surface area contributed by atoms with Crippen LogP contribution in [0.2, 0.25) is 0 Å². The Morgan fingerprint density at radius 3 is 2.58 bits per heavy atom. The number of nitrogens with zero attached hydrogens (tertiary/aromatic N) is 3. The Bertz CT molecular complexity index is 893. The molecule has 0 saturated carbocycles. The van der Waals surface area contributed by atoms with E-state index in [4.69, 9.17) is 4.74 Å². The summed E-state index contributed by atoms with van der Waals surface area (Å²) in [6.45, 7) is 4.03. The van der Waals surface area contributed by atoms with Gasteiger partial charge in [0.15, 0.2) is 0 Å². The summed E-state index contributed by atoms with van der Waals surface area (Å²) in [7, 11) is 3.59. The van der Waals surface area contributed by atoms with Crippen LogP contribution in [-0.2, 0) is 7.05 Å². The highest BCUT2D eigenvalue weighted by Crippen LogP contribution is 2.23. The molecule has 3 aromatic rings. The third-order valence-electron chi connectivity index (χ3n) is 4.46. The molecule has 0 radical (unpaired) electrons. The Hall–Kier alpha value is -3.02. The van der Waals surface area contributed by atoms with Crippen molar-refractivity contribution in [2.75, 3.05) is 7.11 Å². The van der Waals surface area contributed by atoms with Gasteiger partial charge >= 0.3 is 0 Å². The smallest absolute Gasteiger partial charge is 0.270 e. The molecule has 0 fully saturated rings. The third-order valence-corrected chi connectivity index (χ3v) is 4.46. The van der Waals surface area contributed by atoms with Gasteiger partial charge < -0.3 is 14.6 Å². The average Bonchev–Trinajstić information content (AvgIpc) is 3.27. The first-order valence-electron chi connectivity index (χ1n) is 8.70. The van der Waals surface area contributed by atoms with Crippen LogP contribution in [0.1, 0.15) is 30.8 Å². The molecule has 1 aromatic carbocycles. The Kier molecular flexibility index (Phi) is 5.11. The zero-order valence-electron chi connectivity index (χ0n) is 15.6. The number of rotatable bonds is 6. The minimum absolute atomic E-state index is 0.0974. The van der Waals surface area contributed by atoms with Crippen molar-refractivity contribution in [1.82, 2.24) is 19.7 Å². The summed E-state index contributed by atoms with van der Waals surface area (Å²) in [5.41, 5.74) is 3.02. The van der Waals surface area contributed by atoms with E-state index in [2.05, 4.69) is 10.4 Å². The van der Waals surface area contributed by atoms with Crippen LogP contribution in [0, 0.1) is 0 Å². The summed E-state index contributed by atoms with van der Waals surface area (Å²) in [4.78, 5) is 12.8. The highest BCUT2D eigenvalue weighted by Gasteiger charge is 2.19. The molecule has 0 aliphatic rings. The zero-order valence-corrected chi connectivity index (χ0v) is 15.6. The van der Waals surface area contributed by atoms with Gasteiger partial charge in [-0.25, -0.2) is 4.68 Å². The lowest BCUT2D eigenvalue weighted by molar-refractivity contribution is 0.0931. The predicted octanol–water partition coefficient (Wildman–Crippen LogP) is 3.41. The quantitative estimate of drug-likeness (QED) is 0.739. The number of aryl methyl sites for hydroxylation is 1. The maximum absolute atomic E-state index is 12.8. The molecule has 1 atom stereocenters. The molecule has 3 rings (SSSR count). The number of aromatic nitrogens is 3. The number of carbonyl (C=O) groups excluding carboxylic acids is 1. The van der Waals surface area contributed by atoms with E-state index in [1.54, 1.807) is 11.8 Å². The number of hydrogen-bond acceptors (Lipinski definition) is 3. The van der Waals surface area contributed by atoms with Crippen LogP contribution in [0.15, 0.2) is 48.7 Å². The van der Waals surface area contributed by atoms with E-state index in [0.29, 0.717) is 5.69 Å². The Morgan fingerprint density at radius 2 is 2.00 bits per heavy atom. The van der Waals surface area contributed by atoms with Gasteiger partial charge in [0, 0.05) is 19.3 Å². The Balaban J connectivity index is 2.06. The number of ether oxygens (including phenoxy) is 1. The summed E-state index contributed by atoms with van der Waals surface area (Å²) in [6, 6.07) is 13.4. The van der Waals surface area contributed by atoms with E-state index < -0.39 is 0 Å². The fraction of sp³-hybridized carbons (Fsp3) is 0.300. The second-order valence-electron chi connectivity index (χ2n) is 6.31. The van der Waals surface area contributed by atoms with Crippen molar-refractivity contribution in [2.45, 2.75) is 26.3 Å². The molecule has 0 bridgehead atoms. The highest BCUT2D eigenvalue weighted by molar-refractivity contribution is 5.94. The van der Waals surface area contributed by atoms with E-state index in [1.807, 2.05) is 74.1 Å². The largest absolute Gasteiger partial charge is 0.497 e. The van der Waals surface area contributed by atoms with Crippen LogP contribution < -0.4 is 10.1 Å². The van der Waals surface area contributed by atoms with Gasteiger partial charge in [0.1, 0.15) is 17.1 Å². The van der Waals surface area contributed by atoms with Crippen molar-refractivity contribution in [1.29, 1.82) is 0 Å². The second kappa shape index (κ2) is 7.47. The lowest BCUT2D eigenvalue weighted by Crippen LogP contribution is -2.33. The summed E-state index contributed by atoms with van der Waals surface area (Å²) < 4.78 is 8.88. The van der Waals surface area contributed by atoms with Crippen LogP contribution in [0.25, 0.3) is 17.1 Å². The summed E-state index contributed by atoms with van der Waals surface area (Å²) in [5, 5.41) is 7.71. The minimum Gasteiger partial charge on any atom is -0.497 e. The van der Waals surface area contributed by atoms with Gasteiger partial charge in [-0.3, -0.25) is 4.79 Å². The lowest BCUT2D eigenvalue weighted by atomic mass is 10.2. The molecule has 0 aliphatic carbocycles. The standard InChI is InChI=1S/C20H24N4O2/c1-5-14(2)21-20(25)19-13-17(18-7-6-12-23(18)3)22-24(19)15-8-10-16(26-4)11-9-15/h6-14H,5H2,1-4H3,(H,21,25)/t14-/m0/s1. The highest BCUT2D eigenvalue weighted by atomic mass is 16.5. The van der Waals surface area contributed by atoms with E-state index in [-0.39, 0.29) is 11.9 Å². The van der Waals surface area contributed by atoms with Gasteiger partial charge in [0.05, 0.1) is 18.5 Å². The molecule has 0 aliphatic heterocycles. The zero-order chi connectivity index (χ0) is 18.7. The van der Waals surface area contributed by atoms with Crippen molar-refractivity contribution in [3.8, 4) is 22.8 Å². The van der Waals surface area contributed by atoms with Crippen molar-refractivity contribution in [2.24, 2.45) is 7.05 Å². The molecule has 6 nitrogen and oxygen atoms in total. The minimum atomic E-state index is -0.136. The van der Waals surface area contributed by atoms with Gasteiger partial charge in [0.25, 0.3) is 5.91 Å². The predicted molar refractivity (Wildman–Crippen MR) is 102 cm³/mol. The van der Waals surface area contributed by atoms with Crippen molar-refractivity contribution in [3.05, 3.63) is 54.4 Å². The molecule has 0 spiro atoms. The molecule has 2 heterocycles. The summed E-state index contributed by atoms with van der Waals surface area (Å²) in [5.74, 6) is 0.622. The molecule has 2 aromatic heterocycles. The van der Waals surface area contributed by atoms with E-state index >= 15 is 0 Å². The molecule has 26 heavy (non-hydrogen) atoms. The molecule has 6 heteroatoms. The Labute approximate surface area is 153 Å². The molecule has 0 unspecified atom stereocenters. The molecular weight excluding hydrogens is 328 g/mol. The first-order valence-corrected chi connectivity index (χ1v) is 8.70. The lowest BCUT2D eigenvalue weighted by Gasteiger charge is -2.12. The number of hydrogen-bond donors (Lipinski definition) is 1. The summed E-state index contributed by atoms with van der Waals surface area (Å²) in [6.07, 6.45) is 2.83. The summed E-state index contributed by atoms with van der Waals surface area (Å²) >= 11 is 0. The van der Waals surface area contributed by atoms with Gasteiger partial charge in [0.2, 0.25) is 0 Å². The van der Waals surface area contributed by atoms with E-state index in [1.165, 1.54) is 0 Å². The topological polar surface area (TPSA) is 61.1 Å². The number of nitrogens with one attached hydrogen (secondary N) is 1. The molecule has 0 saturated heterocycles. The molecule has 1 N–H and O–H groups in total. The normalized spacial score (nSPS) is 12.0. The van der Waals surface area contributed by atoms with Crippen LogP contribution in [-0.4, -0.2) is 33.4 Å². The van der Waals surface area contributed by atoms with Crippen molar-refractivity contribution in [3.63, 3.8) is 0 Å². The van der Waals surface area contributed by atoms with E-state index in [0.717, 1.165) is 29.2 Å². The first-order chi connectivity index (χ1) is 12.5. The fourth-order valence-electron chi connectivity index (χ4n) is 2.72.